The van der Waals surface area contributed by atoms with Gasteiger partial charge in [0, 0.05) is 18.5 Å². The first-order valence-electron chi connectivity index (χ1n) is 7.14. The van der Waals surface area contributed by atoms with E-state index in [9.17, 15) is 4.79 Å². The zero-order valence-corrected chi connectivity index (χ0v) is 12.1. The Morgan fingerprint density at radius 1 is 1.26 bits per heavy atom. The number of carbonyl (C=O) groups excluding carboxylic acids is 1. The topological polar surface area (TPSA) is 46.3 Å². The Balaban J connectivity index is 2.40. The Bertz CT molecular complexity index is 439. The molecule has 0 aromatic heterocycles. The quantitative estimate of drug-likeness (QED) is 0.888. The smallest absolute Gasteiger partial charge is 0.223 e. The summed E-state index contributed by atoms with van der Waals surface area (Å²) < 4.78 is 0. The molecule has 1 aliphatic heterocycles. The zero-order valence-electron chi connectivity index (χ0n) is 12.1. The van der Waals surface area contributed by atoms with E-state index in [4.69, 9.17) is 5.73 Å². The minimum Gasteiger partial charge on any atom is -0.332 e. The molecule has 19 heavy (non-hydrogen) atoms. The van der Waals surface area contributed by atoms with E-state index in [1.165, 1.54) is 5.56 Å². The highest BCUT2D eigenvalue weighted by molar-refractivity contribution is 5.77. The normalized spacial score (nSPS) is 24.7. The Labute approximate surface area is 115 Å². The van der Waals surface area contributed by atoms with Gasteiger partial charge < -0.3 is 10.6 Å². The van der Waals surface area contributed by atoms with Crippen molar-refractivity contribution >= 4 is 5.91 Å². The van der Waals surface area contributed by atoms with Crippen molar-refractivity contribution in [2.75, 3.05) is 0 Å². The van der Waals surface area contributed by atoms with Crippen molar-refractivity contribution < 1.29 is 4.79 Å². The number of amides is 1. The molecule has 1 fully saturated rings. The second-order valence-electron chi connectivity index (χ2n) is 5.81. The van der Waals surface area contributed by atoms with Crippen LogP contribution in [0, 0.1) is 6.92 Å². The molecule has 0 aliphatic carbocycles. The Morgan fingerprint density at radius 2 is 1.89 bits per heavy atom. The van der Waals surface area contributed by atoms with Crippen LogP contribution in [-0.4, -0.2) is 22.9 Å². The number of aryl methyl sites for hydroxylation is 1. The molecule has 2 N–H and O–H groups in total. The van der Waals surface area contributed by atoms with Crippen LogP contribution in [0.3, 0.4) is 0 Å². The van der Waals surface area contributed by atoms with Crippen molar-refractivity contribution in [1.82, 2.24) is 4.90 Å². The van der Waals surface area contributed by atoms with Crippen LogP contribution < -0.4 is 5.73 Å². The average Bonchev–Trinajstić information content (AvgIpc) is 2.50. The molecule has 0 spiro atoms. The van der Waals surface area contributed by atoms with E-state index in [2.05, 4.69) is 45.0 Å². The predicted molar refractivity (Wildman–Crippen MR) is 77.7 cm³/mol. The summed E-state index contributed by atoms with van der Waals surface area (Å²) in [6, 6.07) is 8.61. The van der Waals surface area contributed by atoms with Crippen LogP contribution in [0.15, 0.2) is 24.3 Å². The molecule has 1 aromatic rings. The first-order valence-corrected chi connectivity index (χ1v) is 7.14. The van der Waals surface area contributed by atoms with Gasteiger partial charge in [-0.2, -0.15) is 0 Å². The van der Waals surface area contributed by atoms with Crippen molar-refractivity contribution in [1.29, 1.82) is 0 Å². The van der Waals surface area contributed by atoms with Gasteiger partial charge in [-0.05, 0) is 39.2 Å². The summed E-state index contributed by atoms with van der Waals surface area (Å²) in [4.78, 5) is 14.3. The van der Waals surface area contributed by atoms with E-state index < -0.39 is 0 Å². The van der Waals surface area contributed by atoms with Crippen LogP contribution in [0.1, 0.15) is 50.3 Å². The number of carbonyl (C=O) groups is 1. The highest BCUT2D eigenvalue weighted by Crippen LogP contribution is 2.31. The maximum atomic E-state index is 12.3. The molecule has 0 saturated carbocycles. The molecule has 1 aliphatic rings. The third kappa shape index (κ3) is 2.98. The largest absolute Gasteiger partial charge is 0.332 e. The van der Waals surface area contributed by atoms with Crippen LogP contribution in [0.5, 0.6) is 0 Å². The van der Waals surface area contributed by atoms with Gasteiger partial charge in [-0.3, -0.25) is 4.79 Å². The third-order valence-electron chi connectivity index (χ3n) is 3.90. The van der Waals surface area contributed by atoms with Gasteiger partial charge in [-0.25, -0.2) is 0 Å². The molecule has 104 valence electrons. The van der Waals surface area contributed by atoms with Crippen molar-refractivity contribution in [3.05, 3.63) is 35.4 Å². The molecule has 1 saturated heterocycles. The summed E-state index contributed by atoms with van der Waals surface area (Å²) in [5.74, 6) is 0.230. The molecule has 1 aromatic carbocycles. The number of hydrogen-bond acceptors (Lipinski definition) is 2. The average molecular weight is 260 g/mol. The van der Waals surface area contributed by atoms with Crippen LogP contribution >= 0.6 is 0 Å². The van der Waals surface area contributed by atoms with Crippen molar-refractivity contribution in [3.63, 3.8) is 0 Å². The van der Waals surface area contributed by atoms with Crippen LogP contribution in [-0.2, 0) is 4.79 Å². The first kappa shape index (κ1) is 14.1. The highest BCUT2D eigenvalue weighted by Gasteiger charge is 2.34. The molecule has 2 rings (SSSR count). The second-order valence-corrected chi connectivity index (χ2v) is 5.81. The number of rotatable bonds is 2. The fraction of sp³-hybridized carbons (Fsp3) is 0.562. The van der Waals surface area contributed by atoms with E-state index in [1.807, 2.05) is 4.90 Å². The van der Waals surface area contributed by atoms with E-state index >= 15 is 0 Å². The fourth-order valence-corrected chi connectivity index (χ4v) is 2.92. The molecule has 1 heterocycles. The Kier molecular flexibility index (Phi) is 4.25. The van der Waals surface area contributed by atoms with Crippen molar-refractivity contribution in [2.45, 2.75) is 58.2 Å². The van der Waals surface area contributed by atoms with E-state index in [0.29, 0.717) is 6.42 Å². The molecule has 0 bridgehead atoms. The van der Waals surface area contributed by atoms with Crippen LogP contribution in [0.25, 0.3) is 0 Å². The van der Waals surface area contributed by atoms with Gasteiger partial charge in [-0.1, -0.05) is 29.8 Å². The number of hydrogen-bond donors (Lipinski definition) is 1. The minimum atomic E-state index is 0.00981. The molecule has 3 nitrogen and oxygen atoms in total. The molecular weight excluding hydrogens is 236 g/mol. The summed E-state index contributed by atoms with van der Waals surface area (Å²) in [7, 11) is 0. The van der Waals surface area contributed by atoms with Crippen LogP contribution in [0.4, 0.5) is 0 Å². The van der Waals surface area contributed by atoms with Gasteiger partial charge in [0.1, 0.15) is 0 Å². The molecular formula is C16H24N2O. The van der Waals surface area contributed by atoms with Gasteiger partial charge in [0.15, 0.2) is 0 Å². The summed E-state index contributed by atoms with van der Waals surface area (Å²) in [5, 5.41) is 0. The molecule has 3 heteroatoms. The molecule has 0 radical (unpaired) electrons. The Hall–Kier alpha value is -1.35. The fourth-order valence-electron chi connectivity index (χ4n) is 2.92. The lowest BCUT2D eigenvalue weighted by molar-refractivity contribution is -0.135. The number of nitrogens with two attached hydrogens (primary N) is 1. The SMILES string of the molecule is Cc1ccc(C2C(N)CCCC(=O)N2C(C)C)cc1. The van der Waals surface area contributed by atoms with E-state index in [1.54, 1.807) is 0 Å². The van der Waals surface area contributed by atoms with Gasteiger partial charge in [-0.15, -0.1) is 0 Å². The molecule has 1 amide bonds. The maximum Gasteiger partial charge on any atom is 0.223 e. The monoisotopic (exact) mass is 260 g/mol. The third-order valence-corrected chi connectivity index (χ3v) is 3.90. The lowest BCUT2D eigenvalue weighted by Gasteiger charge is -2.37. The first-order chi connectivity index (χ1) is 9.00. The highest BCUT2D eigenvalue weighted by atomic mass is 16.2. The summed E-state index contributed by atoms with van der Waals surface area (Å²) in [6.45, 7) is 6.20. The standard InChI is InChI=1S/C16H24N2O/c1-11(2)18-15(19)6-4-5-14(17)16(18)13-9-7-12(3)8-10-13/h7-11,14,16H,4-6,17H2,1-3H3. The molecule has 2 unspecified atom stereocenters. The van der Waals surface area contributed by atoms with E-state index in [0.717, 1.165) is 18.4 Å². The van der Waals surface area contributed by atoms with Gasteiger partial charge >= 0.3 is 0 Å². The number of likely N-dealkylation sites (tertiary alicyclic amines) is 1. The number of nitrogens with zero attached hydrogens (tertiary/aromatic N) is 1. The lowest BCUT2D eigenvalue weighted by Crippen LogP contribution is -2.45. The second kappa shape index (κ2) is 5.74. The van der Waals surface area contributed by atoms with Crippen molar-refractivity contribution in [2.24, 2.45) is 5.73 Å². The lowest BCUT2D eigenvalue weighted by atomic mass is 9.95. The predicted octanol–water partition coefficient (Wildman–Crippen LogP) is 2.78. The summed E-state index contributed by atoms with van der Waals surface area (Å²) in [5.41, 5.74) is 8.73. The summed E-state index contributed by atoms with van der Waals surface area (Å²) >= 11 is 0. The van der Waals surface area contributed by atoms with Gasteiger partial charge in [0.25, 0.3) is 0 Å². The minimum absolute atomic E-state index is 0.00981. The summed E-state index contributed by atoms with van der Waals surface area (Å²) in [6.07, 6.45) is 2.42. The molecule has 2 atom stereocenters. The maximum absolute atomic E-state index is 12.3. The van der Waals surface area contributed by atoms with Gasteiger partial charge in [0.05, 0.1) is 6.04 Å². The number of benzene rings is 1. The van der Waals surface area contributed by atoms with Gasteiger partial charge in [0.2, 0.25) is 5.91 Å². The Morgan fingerprint density at radius 3 is 2.47 bits per heavy atom. The van der Waals surface area contributed by atoms with E-state index in [-0.39, 0.29) is 24.0 Å². The zero-order chi connectivity index (χ0) is 14.0. The van der Waals surface area contributed by atoms with Crippen LogP contribution in [0.2, 0.25) is 0 Å². The van der Waals surface area contributed by atoms with Crippen molar-refractivity contribution in [3.8, 4) is 0 Å².